The molecule has 0 bridgehead atoms. The number of fused-ring (bicyclic) bond motifs is 1. The number of esters is 1. The minimum atomic E-state index is -1.56. The first-order valence-electron chi connectivity index (χ1n) is 19.6. The highest BCUT2D eigenvalue weighted by atomic mass is 35.5. The summed E-state index contributed by atoms with van der Waals surface area (Å²) in [5, 5.41) is 0.203. The fraction of sp³-hybridized carbons (Fsp3) is 0.271. The van der Waals surface area contributed by atoms with E-state index in [1.165, 1.54) is 48.2 Å². The summed E-state index contributed by atoms with van der Waals surface area (Å²) < 4.78 is 6.64. The lowest BCUT2D eigenvalue weighted by molar-refractivity contribution is 0.0300. The molecule has 2 saturated heterocycles. The number of cyclic esters (lactones) is 1. The molecule has 5 aromatic rings. The van der Waals surface area contributed by atoms with Gasteiger partial charge in [-0.15, -0.1) is 0 Å². The number of ether oxygens (including phenoxy) is 1. The molecule has 0 radical (unpaired) electrons. The minimum Gasteiger partial charge on any atom is -0.442 e. The summed E-state index contributed by atoms with van der Waals surface area (Å²) in [6.07, 6.45) is 10.6. The molecule has 0 aliphatic carbocycles. The Morgan fingerprint density at radius 1 is 0.554 bits per heavy atom. The average molecular weight is 823 g/mol. The molecule has 0 amide bonds. The first-order chi connectivity index (χ1) is 27.2. The number of rotatable bonds is 10. The van der Waals surface area contributed by atoms with E-state index in [1.807, 2.05) is 12.2 Å². The largest absolute Gasteiger partial charge is 0.442 e. The molecule has 0 spiro atoms. The van der Waals surface area contributed by atoms with Crippen LogP contribution in [0.5, 0.6) is 0 Å². The van der Waals surface area contributed by atoms with E-state index in [9.17, 15) is 4.79 Å². The zero-order chi connectivity index (χ0) is 39.0. The summed E-state index contributed by atoms with van der Waals surface area (Å²) in [5.41, 5.74) is 9.27. The van der Waals surface area contributed by atoms with Gasteiger partial charge in [0.1, 0.15) is 0 Å². The topological polar surface area (TPSA) is 32.8 Å². The third-order valence-corrected chi connectivity index (χ3v) is 13.3. The van der Waals surface area contributed by atoms with Crippen molar-refractivity contribution in [2.24, 2.45) is 0 Å². The van der Waals surface area contributed by atoms with Gasteiger partial charge >= 0.3 is 5.97 Å². The Hall–Kier alpha value is -4.19. The Labute approximate surface area is 350 Å². The maximum absolute atomic E-state index is 14.2. The van der Waals surface area contributed by atoms with Crippen LogP contribution >= 0.6 is 46.4 Å². The predicted molar refractivity (Wildman–Crippen MR) is 235 cm³/mol. The molecule has 3 heterocycles. The molecule has 3 aliphatic rings. The van der Waals surface area contributed by atoms with Gasteiger partial charge in [0.25, 0.3) is 0 Å². The van der Waals surface area contributed by atoms with E-state index in [0.717, 1.165) is 72.4 Å². The molecule has 5 aromatic carbocycles. The van der Waals surface area contributed by atoms with Gasteiger partial charge < -0.3 is 14.5 Å². The van der Waals surface area contributed by atoms with E-state index >= 15 is 0 Å². The SMILES string of the molecule is CCc1ccc(C(=CC2(C=C(c3ccc(CC)cc3)c3ccc(N4CCCC4)cc3)OC(=O)c3c(Cl)c(Cl)c(Cl)c(Cl)c32)c2ccc(N3CCCC3)cc2)cc1. The number of nitrogens with zero attached hydrogens (tertiary/aromatic N) is 2. The molecule has 0 atom stereocenters. The zero-order valence-corrected chi connectivity index (χ0v) is 34.7. The van der Waals surface area contributed by atoms with Crippen LogP contribution in [0.1, 0.15) is 88.8 Å². The van der Waals surface area contributed by atoms with E-state index in [2.05, 4.69) is 121 Å². The number of hydrogen-bond acceptors (Lipinski definition) is 4. The van der Waals surface area contributed by atoms with Crippen LogP contribution in [0, 0.1) is 0 Å². The normalized spacial score (nSPS) is 18.5. The number of carbonyl (C=O) groups excluding carboxylic acids is 1. The van der Waals surface area contributed by atoms with Gasteiger partial charge in [0.2, 0.25) is 0 Å². The highest BCUT2D eigenvalue weighted by molar-refractivity contribution is 6.53. The Morgan fingerprint density at radius 2 is 0.911 bits per heavy atom. The van der Waals surface area contributed by atoms with Gasteiger partial charge in [-0.2, -0.15) is 0 Å². The van der Waals surface area contributed by atoms with Crippen LogP contribution in [0.25, 0.3) is 11.1 Å². The number of carbonyl (C=O) groups is 1. The summed E-state index contributed by atoms with van der Waals surface area (Å²) in [4.78, 5) is 19.1. The molecule has 3 aliphatic heterocycles. The first kappa shape index (κ1) is 38.7. The molecule has 2 fully saturated rings. The van der Waals surface area contributed by atoms with Gasteiger partial charge in [-0.05, 0) is 119 Å². The third-order valence-electron chi connectivity index (χ3n) is 11.5. The molecule has 0 aromatic heterocycles. The van der Waals surface area contributed by atoms with Crippen molar-refractivity contribution in [3.63, 3.8) is 0 Å². The molecule has 8 rings (SSSR count). The quantitative estimate of drug-likeness (QED) is 0.0798. The van der Waals surface area contributed by atoms with Crippen molar-refractivity contribution >= 4 is 74.9 Å². The second kappa shape index (κ2) is 16.3. The fourth-order valence-electron chi connectivity index (χ4n) is 8.28. The van der Waals surface area contributed by atoms with E-state index in [4.69, 9.17) is 51.1 Å². The van der Waals surface area contributed by atoms with Crippen molar-refractivity contribution in [2.75, 3.05) is 36.0 Å². The number of anilines is 2. The summed E-state index contributed by atoms with van der Waals surface area (Å²) >= 11 is 27.5. The van der Waals surface area contributed by atoms with E-state index in [-0.39, 0.29) is 25.7 Å². The van der Waals surface area contributed by atoms with Gasteiger partial charge in [0.15, 0.2) is 5.60 Å². The standard InChI is InChI=1S/C48H44Cl4N2O2/c1-3-31-9-13-33(14-10-31)39(35-17-21-37(22-18-35)53-25-5-6-26-53)29-48(42-41(47(55)56-48)43(49)45(51)46(52)44(42)50)30-40(34-15-11-32(4-2)12-16-34)36-19-23-38(24-20-36)54-27-7-8-28-54/h9-24,29-30H,3-8,25-28H2,1-2H3. The highest BCUT2D eigenvalue weighted by Crippen LogP contribution is 2.53. The fourth-order valence-corrected chi connectivity index (χ4v) is 9.36. The Bertz CT molecular complexity index is 2180. The van der Waals surface area contributed by atoms with Crippen molar-refractivity contribution in [1.29, 1.82) is 0 Å². The Kier molecular flexibility index (Phi) is 11.3. The van der Waals surface area contributed by atoms with Crippen LogP contribution in [0.4, 0.5) is 11.4 Å². The Balaban J connectivity index is 1.41. The van der Waals surface area contributed by atoms with Crippen LogP contribution in [0.2, 0.25) is 20.1 Å². The van der Waals surface area contributed by atoms with E-state index in [1.54, 1.807) is 0 Å². The lowest BCUT2D eigenvalue weighted by Gasteiger charge is -2.28. The second-order valence-electron chi connectivity index (χ2n) is 14.9. The summed E-state index contributed by atoms with van der Waals surface area (Å²) in [6.45, 7) is 8.47. The molecule has 56 heavy (non-hydrogen) atoms. The molecule has 8 heteroatoms. The molecule has 0 unspecified atom stereocenters. The second-order valence-corrected chi connectivity index (χ2v) is 16.4. The van der Waals surface area contributed by atoms with Gasteiger partial charge in [0.05, 0.1) is 25.7 Å². The van der Waals surface area contributed by atoms with Gasteiger partial charge in [-0.3, -0.25) is 0 Å². The number of halogens is 4. The molecule has 286 valence electrons. The first-order valence-corrected chi connectivity index (χ1v) is 21.2. The van der Waals surface area contributed by atoms with Gasteiger partial charge in [0, 0.05) is 43.1 Å². The lowest BCUT2D eigenvalue weighted by Crippen LogP contribution is -2.23. The van der Waals surface area contributed by atoms with Crippen LogP contribution in [0.15, 0.2) is 109 Å². The maximum atomic E-state index is 14.2. The molecule has 4 nitrogen and oxygen atoms in total. The van der Waals surface area contributed by atoms with Crippen molar-refractivity contribution in [3.8, 4) is 0 Å². The monoisotopic (exact) mass is 820 g/mol. The molecular weight excluding hydrogens is 778 g/mol. The third kappa shape index (κ3) is 7.38. The van der Waals surface area contributed by atoms with Crippen molar-refractivity contribution in [1.82, 2.24) is 0 Å². The van der Waals surface area contributed by atoms with Crippen molar-refractivity contribution in [2.45, 2.75) is 58.0 Å². The zero-order valence-electron chi connectivity index (χ0n) is 31.7. The van der Waals surface area contributed by atoms with Crippen LogP contribution in [0.3, 0.4) is 0 Å². The van der Waals surface area contributed by atoms with E-state index < -0.39 is 11.6 Å². The number of benzene rings is 5. The van der Waals surface area contributed by atoms with Gasteiger partial charge in [-0.25, -0.2) is 4.79 Å². The van der Waals surface area contributed by atoms with E-state index in [0.29, 0.717) is 5.56 Å². The molecular formula is C48H44Cl4N2O2. The maximum Gasteiger partial charge on any atom is 0.341 e. The Morgan fingerprint density at radius 3 is 1.29 bits per heavy atom. The summed E-state index contributed by atoms with van der Waals surface area (Å²) in [6, 6.07) is 34.3. The van der Waals surface area contributed by atoms with Crippen molar-refractivity contribution in [3.05, 3.63) is 174 Å². The minimum absolute atomic E-state index is 0.0115. The smallest absolute Gasteiger partial charge is 0.341 e. The summed E-state index contributed by atoms with van der Waals surface area (Å²) in [5.74, 6) is -0.631. The number of aryl methyl sites for hydroxylation is 2. The highest BCUT2D eigenvalue weighted by Gasteiger charge is 2.48. The predicted octanol–water partition coefficient (Wildman–Crippen LogP) is 13.3. The van der Waals surface area contributed by atoms with Gasteiger partial charge in [-0.1, -0.05) is 133 Å². The lowest BCUT2D eigenvalue weighted by atomic mass is 9.82. The number of hydrogen-bond donors (Lipinski definition) is 0. The van der Waals surface area contributed by atoms with Crippen LogP contribution in [-0.2, 0) is 23.2 Å². The average Bonchev–Trinajstić information content (AvgIpc) is 4.03. The van der Waals surface area contributed by atoms with Crippen molar-refractivity contribution < 1.29 is 9.53 Å². The van der Waals surface area contributed by atoms with Crippen LogP contribution in [-0.4, -0.2) is 32.1 Å². The molecule has 0 saturated carbocycles. The molecule has 0 N–H and O–H groups in total. The van der Waals surface area contributed by atoms with Crippen LogP contribution < -0.4 is 9.80 Å². The summed E-state index contributed by atoms with van der Waals surface area (Å²) in [7, 11) is 0.